The minimum absolute atomic E-state index is 0.0489. The van der Waals surface area contributed by atoms with Crippen molar-refractivity contribution >= 4 is 22.7 Å². The fraction of sp³-hybridized carbons (Fsp3) is 0.222. The molecule has 0 aliphatic carbocycles. The van der Waals surface area contributed by atoms with Crippen LogP contribution in [0.1, 0.15) is 17.9 Å². The molecule has 6 heteroatoms. The lowest BCUT2D eigenvalue weighted by Crippen LogP contribution is -2.12. The second-order valence-corrected chi connectivity index (χ2v) is 5.65. The molecule has 1 aliphatic rings. The number of anilines is 1. The van der Waals surface area contributed by atoms with Crippen LogP contribution in [0, 0.1) is 6.92 Å². The second kappa shape index (κ2) is 5.88. The highest BCUT2D eigenvalue weighted by molar-refractivity contribution is 5.92. The molecule has 0 atom stereocenters. The Morgan fingerprint density at radius 3 is 2.96 bits per heavy atom. The summed E-state index contributed by atoms with van der Waals surface area (Å²) in [6.45, 7) is 2.05. The van der Waals surface area contributed by atoms with E-state index in [0.29, 0.717) is 30.0 Å². The Bertz CT molecular complexity index is 917. The van der Waals surface area contributed by atoms with Crippen molar-refractivity contribution in [3.63, 3.8) is 0 Å². The third-order valence-corrected chi connectivity index (χ3v) is 3.86. The molecule has 2 aromatic carbocycles. The largest absolute Gasteiger partial charge is 0.454 e. The molecule has 4 rings (SSSR count). The summed E-state index contributed by atoms with van der Waals surface area (Å²) in [5.41, 5.74) is 3.20. The lowest BCUT2D eigenvalue weighted by molar-refractivity contribution is -0.116. The minimum atomic E-state index is -0.0489. The zero-order chi connectivity index (χ0) is 16.5. The van der Waals surface area contributed by atoms with Gasteiger partial charge in [-0.15, -0.1) is 0 Å². The van der Waals surface area contributed by atoms with E-state index >= 15 is 0 Å². The molecule has 0 fully saturated rings. The van der Waals surface area contributed by atoms with Crippen molar-refractivity contribution in [1.82, 2.24) is 4.98 Å². The van der Waals surface area contributed by atoms with Crippen LogP contribution in [-0.2, 0) is 11.2 Å². The van der Waals surface area contributed by atoms with Crippen LogP contribution in [0.4, 0.5) is 5.69 Å². The number of ether oxygens (including phenoxy) is 2. The molecule has 0 bridgehead atoms. The predicted octanol–water partition coefficient (Wildman–Crippen LogP) is 3.44. The Kier molecular flexibility index (Phi) is 3.57. The van der Waals surface area contributed by atoms with Crippen molar-refractivity contribution < 1.29 is 18.7 Å². The number of oxazole rings is 1. The minimum Gasteiger partial charge on any atom is -0.454 e. The third-order valence-electron chi connectivity index (χ3n) is 3.86. The van der Waals surface area contributed by atoms with E-state index in [-0.39, 0.29) is 12.7 Å². The highest BCUT2D eigenvalue weighted by Crippen LogP contribution is 2.32. The van der Waals surface area contributed by atoms with Crippen LogP contribution >= 0.6 is 0 Å². The SMILES string of the molecule is Cc1nc2cc(NC(=O)CCc3ccc4c(c3)OCO4)ccc2o1. The molecule has 6 nitrogen and oxygen atoms in total. The summed E-state index contributed by atoms with van der Waals surface area (Å²) in [6, 6.07) is 11.2. The van der Waals surface area contributed by atoms with E-state index in [0.717, 1.165) is 22.6 Å². The second-order valence-electron chi connectivity index (χ2n) is 5.65. The highest BCUT2D eigenvalue weighted by Gasteiger charge is 2.13. The number of aryl methyl sites for hydroxylation is 2. The number of fused-ring (bicyclic) bond motifs is 2. The van der Waals surface area contributed by atoms with Gasteiger partial charge in [-0.3, -0.25) is 4.79 Å². The molecule has 1 N–H and O–H groups in total. The number of rotatable bonds is 4. The number of amides is 1. The molecule has 0 saturated carbocycles. The first-order chi connectivity index (χ1) is 11.7. The summed E-state index contributed by atoms with van der Waals surface area (Å²) in [6.07, 6.45) is 1.02. The van der Waals surface area contributed by atoms with Gasteiger partial charge in [0.1, 0.15) is 5.52 Å². The van der Waals surface area contributed by atoms with Gasteiger partial charge in [0.2, 0.25) is 12.7 Å². The number of nitrogens with one attached hydrogen (secondary N) is 1. The Labute approximate surface area is 138 Å². The van der Waals surface area contributed by atoms with E-state index in [9.17, 15) is 4.79 Å². The van der Waals surface area contributed by atoms with Crippen LogP contribution < -0.4 is 14.8 Å². The van der Waals surface area contributed by atoms with Gasteiger partial charge in [-0.25, -0.2) is 4.98 Å². The average Bonchev–Trinajstić information content (AvgIpc) is 3.17. The van der Waals surface area contributed by atoms with Crippen molar-refractivity contribution in [2.24, 2.45) is 0 Å². The van der Waals surface area contributed by atoms with Crippen LogP contribution in [0.25, 0.3) is 11.1 Å². The normalized spacial score (nSPS) is 12.5. The lowest BCUT2D eigenvalue weighted by Gasteiger charge is -2.06. The fourth-order valence-electron chi connectivity index (χ4n) is 2.70. The average molecular weight is 324 g/mol. The van der Waals surface area contributed by atoms with Crippen LogP contribution in [0.15, 0.2) is 40.8 Å². The molecule has 1 amide bonds. The first-order valence-electron chi connectivity index (χ1n) is 7.73. The first kappa shape index (κ1) is 14.6. The van der Waals surface area contributed by atoms with Gasteiger partial charge in [0.05, 0.1) is 0 Å². The Morgan fingerprint density at radius 2 is 2.04 bits per heavy atom. The Balaban J connectivity index is 1.38. The first-order valence-corrected chi connectivity index (χ1v) is 7.73. The molecule has 122 valence electrons. The van der Waals surface area contributed by atoms with Crippen LogP contribution in [0.5, 0.6) is 11.5 Å². The van der Waals surface area contributed by atoms with Crippen molar-refractivity contribution in [2.75, 3.05) is 12.1 Å². The smallest absolute Gasteiger partial charge is 0.231 e. The van der Waals surface area contributed by atoms with E-state index < -0.39 is 0 Å². The topological polar surface area (TPSA) is 73.6 Å². The monoisotopic (exact) mass is 324 g/mol. The van der Waals surface area contributed by atoms with Crippen LogP contribution in [0.3, 0.4) is 0 Å². The fourth-order valence-corrected chi connectivity index (χ4v) is 2.70. The van der Waals surface area contributed by atoms with E-state index in [1.54, 1.807) is 6.92 Å². The maximum atomic E-state index is 12.1. The molecule has 0 spiro atoms. The summed E-state index contributed by atoms with van der Waals surface area (Å²) in [5, 5.41) is 2.89. The zero-order valence-electron chi connectivity index (χ0n) is 13.2. The van der Waals surface area contributed by atoms with Crippen molar-refractivity contribution in [1.29, 1.82) is 0 Å². The van der Waals surface area contributed by atoms with Gasteiger partial charge in [0.25, 0.3) is 0 Å². The van der Waals surface area contributed by atoms with Crippen molar-refractivity contribution in [3.05, 3.63) is 47.9 Å². The van der Waals surface area contributed by atoms with Crippen molar-refractivity contribution in [3.8, 4) is 11.5 Å². The molecule has 0 radical (unpaired) electrons. The number of hydrogen-bond acceptors (Lipinski definition) is 5. The number of carbonyl (C=O) groups excluding carboxylic acids is 1. The van der Waals surface area contributed by atoms with E-state index in [1.165, 1.54) is 0 Å². The Hall–Kier alpha value is -3.02. The summed E-state index contributed by atoms with van der Waals surface area (Å²) in [4.78, 5) is 16.4. The van der Waals surface area contributed by atoms with Crippen molar-refractivity contribution in [2.45, 2.75) is 19.8 Å². The zero-order valence-corrected chi connectivity index (χ0v) is 13.2. The van der Waals surface area contributed by atoms with Gasteiger partial charge in [0.15, 0.2) is 23.0 Å². The Morgan fingerprint density at radius 1 is 1.17 bits per heavy atom. The molecule has 24 heavy (non-hydrogen) atoms. The number of hydrogen-bond donors (Lipinski definition) is 1. The van der Waals surface area contributed by atoms with Gasteiger partial charge in [-0.05, 0) is 42.3 Å². The summed E-state index contributed by atoms with van der Waals surface area (Å²) < 4.78 is 16.0. The third kappa shape index (κ3) is 2.90. The van der Waals surface area contributed by atoms with E-state index in [4.69, 9.17) is 13.9 Å². The standard InChI is InChI=1S/C18H16N2O4/c1-11-19-14-9-13(4-6-15(14)24-11)20-18(21)7-3-12-2-5-16-17(8-12)23-10-22-16/h2,4-6,8-9H,3,7,10H2,1H3,(H,20,21). The van der Waals surface area contributed by atoms with Gasteiger partial charge in [-0.1, -0.05) is 6.07 Å². The van der Waals surface area contributed by atoms with Gasteiger partial charge in [0, 0.05) is 19.0 Å². The molecule has 1 aromatic heterocycles. The van der Waals surface area contributed by atoms with Crippen LogP contribution in [-0.4, -0.2) is 17.7 Å². The van der Waals surface area contributed by atoms with E-state index in [2.05, 4.69) is 10.3 Å². The van der Waals surface area contributed by atoms with E-state index in [1.807, 2.05) is 36.4 Å². The molecular formula is C18H16N2O4. The lowest BCUT2D eigenvalue weighted by atomic mass is 10.1. The predicted molar refractivity (Wildman–Crippen MR) is 88.3 cm³/mol. The molecule has 2 heterocycles. The van der Waals surface area contributed by atoms with Crippen LogP contribution in [0.2, 0.25) is 0 Å². The molecule has 0 saturated heterocycles. The molecule has 3 aromatic rings. The highest BCUT2D eigenvalue weighted by atomic mass is 16.7. The molecular weight excluding hydrogens is 308 g/mol. The van der Waals surface area contributed by atoms with Gasteiger partial charge < -0.3 is 19.2 Å². The molecule has 1 aliphatic heterocycles. The number of carbonyl (C=O) groups is 1. The summed E-state index contributed by atoms with van der Waals surface area (Å²) in [7, 11) is 0. The number of benzene rings is 2. The summed E-state index contributed by atoms with van der Waals surface area (Å²) in [5.74, 6) is 2.04. The number of nitrogens with zero attached hydrogens (tertiary/aromatic N) is 1. The molecule has 0 unspecified atom stereocenters. The maximum absolute atomic E-state index is 12.1. The number of aromatic nitrogens is 1. The quantitative estimate of drug-likeness (QED) is 0.796. The van der Waals surface area contributed by atoms with Gasteiger partial charge >= 0.3 is 0 Å². The summed E-state index contributed by atoms with van der Waals surface area (Å²) >= 11 is 0. The van der Waals surface area contributed by atoms with Gasteiger partial charge in [-0.2, -0.15) is 0 Å². The maximum Gasteiger partial charge on any atom is 0.231 e.